The van der Waals surface area contributed by atoms with Crippen molar-refractivity contribution in [1.82, 2.24) is 20.4 Å². The molecular weight excluding hydrogens is 236 g/mol. The van der Waals surface area contributed by atoms with Gasteiger partial charge in [0.05, 0.1) is 11.4 Å². The van der Waals surface area contributed by atoms with Gasteiger partial charge in [-0.2, -0.15) is 10.2 Å². The van der Waals surface area contributed by atoms with Gasteiger partial charge in [-0.1, -0.05) is 20.8 Å². The number of rotatable bonds is 8. The Balaban J connectivity index is 2.43. The topological polar surface area (TPSA) is 41.1 Å². The van der Waals surface area contributed by atoms with Crippen LogP contribution in [-0.2, 0) is 13.0 Å². The van der Waals surface area contributed by atoms with Gasteiger partial charge >= 0.3 is 0 Å². The highest BCUT2D eigenvalue weighted by molar-refractivity contribution is 5.20. The average molecular weight is 264 g/mol. The second-order valence-corrected chi connectivity index (χ2v) is 5.65. The summed E-state index contributed by atoms with van der Waals surface area (Å²) in [6.07, 6.45) is 0.946. The maximum absolute atomic E-state index is 4.28. The Morgan fingerprint density at radius 3 is 2.68 bits per heavy atom. The van der Waals surface area contributed by atoms with Gasteiger partial charge in [0.1, 0.15) is 0 Å². The van der Waals surface area contributed by atoms with E-state index < -0.39 is 0 Å². The minimum atomic E-state index is 0.712. The molecule has 0 atom stereocenters. The molecule has 1 N–H and O–H groups in total. The van der Waals surface area contributed by atoms with Gasteiger partial charge in [0, 0.05) is 19.6 Å². The van der Waals surface area contributed by atoms with Crippen LogP contribution >= 0.6 is 0 Å². The van der Waals surface area contributed by atoms with Gasteiger partial charge in [0.15, 0.2) is 0 Å². The molecule has 0 saturated carbocycles. The zero-order valence-corrected chi connectivity index (χ0v) is 13.0. The van der Waals surface area contributed by atoms with E-state index in [0.717, 1.165) is 44.0 Å². The Morgan fingerprint density at radius 1 is 1.32 bits per heavy atom. The molecule has 1 rings (SSSR count). The van der Waals surface area contributed by atoms with Crippen LogP contribution in [0.5, 0.6) is 0 Å². The smallest absolute Gasteiger partial charge is 0.0673 e. The van der Waals surface area contributed by atoms with Gasteiger partial charge in [-0.25, -0.2) is 0 Å². The fraction of sp³-hybridized carbons (Fsp3) is 0.733. The van der Waals surface area contributed by atoms with Crippen LogP contribution in [0.1, 0.15) is 37.7 Å². The molecule has 4 heteroatoms. The molecule has 0 fully saturated rings. The van der Waals surface area contributed by atoms with E-state index in [1.54, 1.807) is 0 Å². The molecule has 1 aromatic rings. The summed E-state index contributed by atoms with van der Waals surface area (Å²) in [5.74, 6) is 0.712. The predicted octanol–water partition coefficient (Wildman–Crippen LogP) is 2.02. The van der Waals surface area contributed by atoms with Crippen LogP contribution in [0.3, 0.4) is 0 Å². The second-order valence-electron chi connectivity index (χ2n) is 5.65. The van der Waals surface area contributed by atoms with Crippen molar-refractivity contribution < 1.29 is 0 Å². The highest BCUT2D eigenvalue weighted by atomic mass is 15.1. The molecule has 0 aliphatic carbocycles. The number of likely N-dealkylation sites (N-methyl/N-ethyl adjacent to an activating group) is 1. The Hall–Kier alpha value is -1.00. The highest BCUT2D eigenvalue weighted by Gasteiger charge is 2.07. The Kier molecular flexibility index (Phi) is 6.95. The van der Waals surface area contributed by atoms with Crippen LogP contribution in [0.25, 0.3) is 0 Å². The minimum absolute atomic E-state index is 0.712. The van der Waals surface area contributed by atoms with Gasteiger partial charge in [-0.05, 0) is 44.5 Å². The fourth-order valence-corrected chi connectivity index (χ4v) is 2.03. The van der Waals surface area contributed by atoms with E-state index in [9.17, 15) is 0 Å². The van der Waals surface area contributed by atoms with Gasteiger partial charge in [-0.3, -0.25) is 0 Å². The van der Waals surface area contributed by atoms with E-state index in [1.165, 1.54) is 5.56 Å². The standard InChI is InChI=1S/C15H28N4/c1-6-15-14(9-13(4)17-18-15)11-19(5)8-7-16-10-12(2)3/h9,12,16H,6-8,10-11H2,1-5H3. The van der Waals surface area contributed by atoms with Crippen LogP contribution in [0, 0.1) is 12.8 Å². The quantitative estimate of drug-likeness (QED) is 0.729. The van der Waals surface area contributed by atoms with Crippen LogP contribution < -0.4 is 5.32 Å². The lowest BCUT2D eigenvalue weighted by Crippen LogP contribution is -2.31. The van der Waals surface area contributed by atoms with Gasteiger partial charge in [-0.15, -0.1) is 0 Å². The van der Waals surface area contributed by atoms with Crippen LogP contribution in [0.4, 0.5) is 0 Å². The summed E-state index contributed by atoms with van der Waals surface area (Å²) in [5.41, 5.74) is 3.42. The van der Waals surface area contributed by atoms with Crippen molar-refractivity contribution in [3.8, 4) is 0 Å². The van der Waals surface area contributed by atoms with E-state index in [0.29, 0.717) is 5.92 Å². The number of aromatic nitrogens is 2. The van der Waals surface area contributed by atoms with Gasteiger partial charge in [0.25, 0.3) is 0 Å². The van der Waals surface area contributed by atoms with E-state index in [2.05, 4.69) is 54.3 Å². The number of aryl methyl sites for hydroxylation is 2. The zero-order chi connectivity index (χ0) is 14.3. The largest absolute Gasteiger partial charge is 0.315 e. The molecule has 0 aromatic carbocycles. The van der Waals surface area contributed by atoms with Crippen LogP contribution in [-0.4, -0.2) is 41.8 Å². The maximum atomic E-state index is 4.28. The van der Waals surface area contributed by atoms with Crippen molar-refractivity contribution >= 4 is 0 Å². The third kappa shape index (κ3) is 6.12. The summed E-state index contributed by atoms with van der Waals surface area (Å²) in [5, 5.41) is 11.9. The predicted molar refractivity (Wildman–Crippen MR) is 80.2 cm³/mol. The molecule has 108 valence electrons. The first-order chi connectivity index (χ1) is 9.02. The van der Waals surface area contributed by atoms with Crippen LogP contribution in [0.15, 0.2) is 6.07 Å². The Bertz CT molecular complexity index is 376. The molecule has 4 nitrogen and oxygen atoms in total. The lowest BCUT2D eigenvalue weighted by atomic mass is 10.1. The average Bonchev–Trinajstić information content (AvgIpc) is 2.35. The molecule has 0 amide bonds. The van der Waals surface area contributed by atoms with Crippen molar-refractivity contribution in [2.45, 2.75) is 40.7 Å². The van der Waals surface area contributed by atoms with E-state index in [-0.39, 0.29) is 0 Å². The first-order valence-corrected chi connectivity index (χ1v) is 7.24. The third-order valence-electron chi connectivity index (χ3n) is 3.08. The normalized spacial score (nSPS) is 11.5. The van der Waals surface area contributed by atoms with Crippen molar-refractivity contribution in [1.29, 1.82) is 0 Å². The summed E-state index contributed by atoms with van der Waals surface area (Å²) in [4.78, 5) is 2.34. The number of hydrogen-bond donors (Lipinski definition) is 1. The summed E-state index contributed by atoms with van der Waals surface area (Å²) >= 11 is 0. The fourth-order valence-electron chi connectivity index (χ4n) is 2.03. The van der Waals surface area contributed by atoms with Crippen molar-refractivity contribution in [2.24, 2.45) is 5.92 Å². The van der Waals surface area contributed by atoms with Crippen LogP contribution in [0.2, 0.25) is 0 Å². The first-order valence-electron chi connectivity index (χ1n) is 7.24. The molecule has 1 heterocycles. The monoisotopic (exact) mass is 264 g/mol. The molecule has 0 aliphatic heterocycles. The van der Waals surface area contributed by atoms with Crippen molar-refractivity contribution in [3.63, 3.8) is 0 Å². The van der Waals surface area contributed by atoms with E-state index >= 15 is 0 Å². The molecule has 0 bridgehead atoms. The Morgan fingerprint density at radius 2 is 2.05 bits per heavy atom. The second kappa shape index (κ2) is 8.23. The molecule has 19 heavy (non-hydrogen) atoms. The summed E-state index contributed by atoms with van der Waals surface area (Å²) in [7, 11) is 2.16. The first kappa shape index (κ1) is 16.1. The highest BCUT2D eigenvalue weighted by Crippen LogP contribution is 2.09. The number of nitrogens with zero attached hydrogens (tertiary/aromatic N) is 3. The third-order valence-corrected chi connectivity index (χ3v) is 3.08. The zero-order valence-electron chi connectivity index (χ0n) is 13.0. The van der Waals surface area contributed by atoms with E-state index in [1.807, 2.05) is 6.92 Å². The van der Waals surface area contributed by atoms with Crippen molar-refractivity contribution in [2.75, 3.05) is 26.7 Å². The molecule has 0 aliphatic rings. The summed E-state index contributed by atoms with van der Waals surface area (Å²) < 4.78 is 0. The molecular formula is C15H28N4. The van der Waals surface area contributed by atoms with Crippen molar-refractivity contribution in [3.05, 3.63) is 23.0 Å². The molecule has 0 radical (unpaired) electrons. The summed E-state index contributed by atoms with van der Waals surface area (Å²) in [6, 6.07) is 2.16. The molecule has 0 unspecified atom stereocenters. The SMILES string of the molecule is CCc1nnc(C)cc1CN(C)CCNCC(C)C. The molecule has 0 saturated heterocycles. The molecule has 0 spiro atoms. The lowest BCUT2D eigenvalue weighted by molar-refractivity contribution is 0.320. The number of nitrogens with one attached hydrogen (secondary N) is 1. The Labute approximate surface area is 117 Å². The number of hydrogen-bond acceptors (Lipinski definition) is 4. The summed E-state index contributed by atoms with van der Waals surface area (Å²) in [6.45, 7) is 12.7. The lowest BCUT2D eigenvalue weighted by Gasteiger charge is -2.19. The van der Waals surface area contributed by atoms with Gasteiger partial charge < -0.3 is 10.2 Å². The van der Waals surface area contributed by atoms with E-state index in [4.69, 9.17) is 0 Å². The van der Waals surface area contributed by atoms with Gasteiger partial charge in [0.2, 0.25) is 0 Å². The molecule has 1 aromatic heterocycles. The minimum Gasteiger partial charge on any atom is -0.315 e. The maximum Gasteiger partial charge on any atom is 0.0673 e.